The number of halogens is 3. The third-order valence-electron chi connectivity index (χ3n) is 2.19. The van der Waals surface area contributed by atoms with E-state index >= 15 is 0 Å². The maximum absolute atomic E-state index is 13.6. The van der Waals surface area contributed by atoms with Gasteiger partial charge in [0.25, 0.3) is 0 Å². The number of hydrogen-bond donors (Lipinski definition) is 0. The van der Waals surface area contributed by atoms with Gasteiger partial charge < -0.3 is 4.74 Å². The van der Waals surface area contributed by atoms with E-state index in [4.69, 9.17) is 16.3 Å². The Morgan fingerprint density at radius 1 is 1.57 bits per heavy atom. The molecule has 4 heteroatoms. The molecule has 0 atom stereocenters. The molecule has 0 saturated heterocycles. The fraction of sp³-hybridized carbons (Fsp3) is 0.400. The first-order valence-corrected chi connectivity index (χ1v) is 5.43. The predicted molar refractivity (Wildman–Crippen MR) is 57.5 cm³/mol. The van der Waals surface area contributed by atoms with Crippen LogP contribution in [0.2, 0.25) is 5.02 Å². The Bertz CT molecular complexity index is 404. The third kappa shape index (κ3) is 1.52. The number of rotatable bonds is 0. The number of ether oxygens (including phenoxy) is 1. The van der Waals surface area contributed by atoms with Crippen molar-refractivity contribution in [2.75, 3.05) is 0 Å². The lowest BCUT2D eigenvalue weighted by molar-refractivity contribution is 0.133. The zero-order valence-electron chi connectivity index (χ0n) is 7.83. The summed E-state index contributed by atoms with van der Waals surface area (Å²) in [5, 5.41) is 0.0847. The maximum Gasteiger partial charge on any atom is 0.185 e. The van der Waals surface area contributed by atoms with E-state index in [2.05, 4.69) is 15.9 Å². The zero-order chi connectivity index (χ0) is 10.5. The SMILES string of the molecule is CC1(C)Cc2cc(Br)c(Cl)c(F)c2O1. The molecule has 0 radical (unpaired) electrons. The Hall–Kier alpha value is -0.280. The van der Waals surface area contributed by atoms with Crippen molar-refractivity contribution in [3.05, 3.63) is 26.9 Å². The van der Waals surface area contributed by atoms with Crippen LogP contribution in [0.15, 0.2) is 10.5 Å². The molecule has 0 amide bonds. The molecular formula is C10H9BrClFO. The zero-order valence-corrected chi connectivity index (χ0v) is 10.2. The Labute approximate surface area is 95.3 Å². The van der Waals surface area contributed by atoms with Gasteiger partial charge in [0.2, 0.25) is 0 Å². The molecule has 0 saturated carbocycles. The molecule has 76 valence electrons. The molecule has 0 aliphatic carbocycles. The van der Waals surface area contributed by atoms with E-state index in [1.165, 1.54) is 0 Å². The Balaban J connectivity index is 2.59. The van der Waals surface area contributed by atoms with Crippen LogP contribution in [0.1, 0.15) is 19.4 Å². The van der Waals surface area contributed by atoms with Crippen LogP contribution in [0.25, 0.3) is 0 Å². The molecule has 1 nitrogen and oxygen atoms in total. The summed E-state index contributed by atoms with van der Waals surface area (Å²) in [6.07, 6.45) is 0.703. The average molecular weight is 280 g/mol. The molecular weight excluding hydrogens is 270 g/mol. The normalized spacial score (nSPS) is 17.8. The fourth-order valence-electron chi connectivity index (χ4n) is 1.64. The first kappa shape index (κ1) is 10.2. The topological polar surface area (TPSA) is 9.23 Å². The lowest BCUT2D eigenvalue weighted by Gasteiger charge is -2.17. The molecule has 0 spiro atoms. The van der Waals surface area contributed by atoms with E-state index in [1.54, 1.807) is 0 Å². The summed E-state index contributed by atoms with van der Waals surface area (Å²) in [5.41, 5.74) is 0.525. The quantitative estimate of drug-likeness (QED) is 0.653. The van der Waals surface area contributed by atoms with Crippen molar-refractivity contribution in [1.29, 1.82) is 0 Å². The van der Waals surface area contributed by atoms with Gasteiger partial charge >= 0.3 is 0 Å². The molecule has 1 heterocycles. The van der Waals surface area contributed by atoms with E-state index < -0.39 is 5.82 Å². The van der Waals surface area contributed by atoms with Gasteiger partial charge in [-0.05, 0) is 35.8 Å². The number of hydrogen-bond acceptors (Lipinski definition) is 1. The second-order valence-electron chi connectivity index (χ2n) is 4.01. The molecule has 1 aliphatic heterocycles. The smallest absolute Gasteiger partial charge is 0.185 e. The monoisotopic (exact) mass is 278 g/mol. The molecule has 0 aromatic heterocycles. The van der Waals surface area contributed by atoms with Gasteiger partial charge in [-0.2, -0.15) is 0 Å². The van der Waals surface area contributed by atoms with Crippen molar-refractivity contribution in [1.82, 2.24) is 0 Å². The van der Waals surface area contributed by atoms with E-state index in [-0.39, 0.29) is 10.6 Å². The summed E-state index contributed by atoms with van der Waals surface area (Å²) < 4.78 is 19.7. The van der Waals surface area contributed by atoms with Crippen molar-refractivity contribution in [2.45, 2.75) is 25.9 Å². The Kier molecular flexibility index (Phi) is 2.27. The van der Waals surface area contributed by atoms with E-state index in [0.29, 0.717) is 16.6 Å². The van der Waals surface area contributed by atoms with Crippen molar-refractivity contribution in [2.24, 2.45) is 0 Å². The standard InChI is InChI=1S/C10H9BrClFO/c1-10(2)4-5-3-6(11)7(12)8(13)9(5)14-10/h3H,4H2,1-2H3. The lowest BCUT2D eigenvalue weighted by Crippen LogP contribution is -2.24. The average Bonchev–Trinajstić information content (AvgIpc) is 2.37. The molecule has 0 bridgehead atoms. The molecule has 2 rings (SSSR count). The van der Waals surface area contributed by atoms with Crippen LogP contribution in [0.5, 0.6) is 5.75 Å². The predicted octanol–water partition coefficient (Wildman–Crippen LogP) is 3.96. The highest BCUT2D eigenvalue weighted by molar-refractivity contribution is 9.10. The second kappa shape index (κ2) is 3.11. The highest BCUT2D eigenvalue weighted by Crippen LogP contribution is 2.42. The van der Waals surface area contributed by atoms with Crippen LogP contribution >= 0.6 is 27.5 Å². The first-order valence-electron chi connectivity index (χ1n) is 4.26. The van der Waals surface area contributed by atoms with Gasteiger partial charge in [0, 0.05) is 16.5 Å². The first-order chi connectivity index (χ1) is 6.41. The van der Waals surface area contributed by atoms with E-state index in [1.807, 2.05) is 19.9 Å². The van der Waals surface area contributed by atoms with Crippen LogP contribution < -0.4 is 4.74 Å². The summed E-state index contributed by atoms with van der Waals surface area (Å²) >= 11 is 8.96. The largest absolute Gasteiger partial charge is 0.484 e. The minimum Gasteiger partial charge on any atom is -0.484 e. The van der Waals surface area contributed by atoms with Crippen molar-refractivity contribution in [3.8, 4) is 5.75 Å². The minimum absolute atomic E-state index is 0.0847. The van der Waals surface area contributed by atoms with Crippen molar-refractivity contribution in [3.63, 3.8) is 0 Å². The Morgan fingerprint density at radius 2 is 2.21 bits per heavy atom. The minimum atomic E-state index is -0.471. The van der Waals surface area contributed by atoms with Gasteiger partial charge in [-0.25, -0.2) is 4.39 Å². The highest BCUT2D eigenvalue weighted by atomic mass is 79.9. The van der Waals surface area contributed by atoms with Crippen LogP contribution in [-0.2, 0) is 6.42 Å². The second-order valence-corrected chi connectivity index (χ2v) is 5.25. The maximum atomic E-state index is 13.6. The van der Waals surface area contributed by atoms with E-state index in [0.717, 1.165) is 5.56 Å². The molecule has 0 fully saturated rings. The van der Waals surface area contributed by atoms with Crippen LogP contribution in [0.3, 0.4) is 0 Å². The van der Waals surface area contributed by atoms with Crippen LogP contribution in [0.4, 0.5) is 4.39 Å². The van der Waals surface area contributed by atoms with Crippen LogP contribution in [-0.4, -0.2) is 5.60 Å². The summed E-state index contributed by atoms with van der Waals surface area (Å²) in [6.45, 7) is 3.85. The summed E-state index contributed by atoms with van der Waals surface area (Å²) in [4.78, 5) is 0. The van der Waals surface area contributed by atoms with Gasteiger partial charge in [-0.3, -0.25) is 0 Å². The molecule has 0 unspecified atom stereocenters. The molecule has 1 aromatic rings. The molecule has 0 N–H and O–H groups in total. The summed E-state index contributed by atoms with van der Waals surface area (Å²) in [5.74, 6) is -0.176. The highest BCUT2D eigenvalue weighted by Gasteiger charge is 2.33. The Morgan fingerprint density at radius 3 is 2.86 bits per heavy atom. The van der Waals surface area contributed by atoms with Gasteiger partial charge in [0.1, 0.15) is 5.60 Å². The molecule has 1 aliphatic rings. The van der Waals surface area contributed by atoms with Gasteiger partial charge in [-0.15, -0.1) is 0 Å². The molecule has 1 aromatic carbocycles. The fourth-order valence-corrected chi connectivity index (χ4v) is 2.23. The lowest BCUT2D eigenvalue weighted by atomic mass is 10.0. The number of fused-ring (bicyclic) bond motifs is 1. The van der Waals surface area contributed by atoms with Crippen LogP contribution in [0, 0.1) is 5.82 Å². The molecule has 14 heavy (non-hydrogen) atoms. The van der Waals surface area contributed by atoms with Crippen molar-refractivity contribution >= 4 is 27.5 Å². The number of benzene rings is 1. The van der Waals surface area contributed by atoms with Gasteiger partial charge in [-0.1, -0.05) is 11.6 Å². The third-order valence-corrected chi connectivity index (χ3v) is 3.41. The van der Waals surface area contributed by atoms with Gasteiger partial charge in [0.15, 0.2) is 11.6 Å². The summed E-state index contributed by atoms with van der Waals surface area (Å²) in [7, 11) is 0. The van der Waals surface area contributed by atoms with Gasteiger partial charge in [0.05, 0.1) is 5.02 Å². The van der Waals surface area contributed by atoms with Crippen molar-refractivity contribution < 1.29 is 9.13 Å². The summed E-state index contributed by atoms with van der Waals surface area (Å²) in [6, 6.07) is 1.81. The van der Waals surface area contributed by atoms with E-state index in [9.17, 15) is 4.39 Å².